The molecular weight excluding hydrogens is 363 g/mol. The molecule has 0 unspecified atom stereocenters. The molecule has 1 aromatic carbocycles. The van der Waals surface area contributed by atoms with E-state index in [1.807, 2.05) is 6.07 Å². The Kier molecular flexibility index (Phi) is 5.52. The fraction of sp³-hybridized carbons (Fsp3) is 0.190. The second kappa shape index (κ2) is 8.03. The molecule has 0 saturated heterocycles. The first kappa shape index (κ1) is 19.3. The number of ether oxygens (including phenoxy) is 1. The van der Waals surface area contributed by atoms with Crippen LogP contribution in [0.1, 0.15) is 12.7 Å². The van der Waals surface area contributed by atoms with Gasteiger partial charge in [-0.2, -0.15) is 5.26 Å². The van der Waals surface area contributed by atoms with E-state index in [0.29, 0.717) is 22.7 Å². The van der Waals surface area contributed by atoms with Crippen LogP contribution >= 0.6 is 0 Å². The predicted molar refractivity (Wildman–Crippen MR) is 99.0 cm³/mol. The van der Waals surface area contributed by atoms with Gasteiger partial charge in [0.15, 0.2) is 0 Å². The minimum Gasteiger partial charge on any atom is -0.457 e. The lowest BCUT2D eigenvalue weighted by atomic mass is 9.95. The van der Waals surface area contributed by atoms with Gasteiger partial charge in [-0.1, -0.05) is 0 Å². The van der Waals surface area contributed by atoms with Gasteiger partial charge in [0.2, 0.25) is 0 Å². The lowest BCUT2D eigenvalue weighted by Gasteiger charge is -2.26. The number of carbonyl (C=O) groups is 2. The molecule has 0 N–H and O–H groups in total. The zero-order chi connectivity index (χ0) is 20.3. The fourth-order valence-corrected chi connectivity index (χ4v) is 2.86. The summed E-state index contributed by atoms with van der Waals surface area (Å²) in [6.45, 7) is 1.76. The van der Waals surface area contributed by atoms with Gasteiger partial charge in [-0.3, -0.25) is 14.5 Å². The average Bonchev–Trinajstić information content (AvgIpc) is 3.15. The Morgan fingerprint density at radius 3 is 2.54 bits per heavy atom. The highest BCUT2D eigenvalue weighted by molar-refractivity contribution is 6.19. The summed E-state index contributed by atoms with van der Waals surface area (Å²) in [5, 5.41) is 9.34. The molecule has 0 radical (unpaired) electrons. The minimum absolute atomic E-state index is 0.0446. The Bertz CT molecular complexity index is 1030. The highest BCUT2D eigenvalue weighted by atomic mass is 19.1. The first-order valence-electron chi connectivity index (χ1n) is 8.50. The topological polar surface area (TPSA) is 83.5 Å². The van der Waals surface area contributed by atoms with Crippen molar-refractivity contribution in [3.05, 3.63) is 64.7 Å². The summed E-state index contributed by atoms with van der Waals surface area (Å²) >= 11 is 0. The number of nitriles is 1. The van der Waals surface area contributed by atoms with E-state index in [2.05, 4.69) is 0 Å². The van der Waals surface area contributed by atoms with Gasteiger partial charge in [0.1, 0.15) is 29.0 Å². The number of nitrogens with zero attached hydrogens (tertiary/aromatic N) is 2. The van der Waals surface area contributed by atoms with Gasteiger partial charge in [-0.25, -0.2) is 4.39 Å². The summed E-state index contributed by atoms with van der Waals surface area (Å²) in [6.07, 6.45) is 1.49. The van der Waals surface area contributed by atoms with Crippen molar-refractivity contribution in [3.8, 4) is 17.4 Å². The molecule has 6 nitrogen and oxygen atoms in total. The zero-order valence-electron chi connectivity index (χ0n) is 15.4. The van der Waals surface area contributed by atoms with Crippen LogP contribution in [0.15, 0.2) is 57.5 Å². The molecule has 0 atom stereocenters. The van der Waals surface area contributed by atoms with Gasteiger partial charge in [-0.15, -0.1) is 0 Å². The first-order valence-corrected chi connectivity index (χ1v) is 8.50. The maximum absolute atomic E-state index is 13.1. The molecule has 1 aliphatic rings. The van der Waals surface area contributed by atoms with E-state index in [1.165, 1.54) is 25.3 Å². The highest BCUT2D eigenvalue weighted by Crippen LogP contribution is 2.29. The Morgan fingerprint density at radius 1 is 1.18 bits per heavy atom. The largest absolute Gasteiger partial charge is 0.457 e. The number of hydrogen-bond donors (Lipinski definition) is 0. The van der Waals surface area contributed by atoms with Crippen molar-refractivity contribution in [3.63, 3.8) is 0 Å². The van der Waals surface area contributed by atoms with E-state index in [1.54, 1.807) is 31.2 Å². The maximum Gasteiger partial charge on any atom is 0.271 e. The third-order valence-corrected chi connectivity index (χ3v) is 4.39. The predicted octanol–water partition coefficient (Wildman–Crippen LogP) is 3.32. The van der Waals surface area contributed by atoms with Crippen LogP contribution in [0.3, 0.4) is 0 Å². The SMILES string of the molecule is COCCN1C(=O)C(C#N)=C(C)/C(=C\c2ccc(-c3ccc(F)cc3)o2)C1=O. The van der Waals surface area contributed by atoms with Gasteiger partial charge in [0.25, 0.3) is 11.8 Å². The molecule has 0 fully saturated rings. The van der Waals surface area contributed by atoms with E-state index in [-0.39, 0.29) is 30.1 Å². The second-order valence-corrected chi connectivity index (χ2v) is 6.13. The van der Waals surface area contributed by atoms with Crippen LogP contribution in [0.5, 0.6) is 0 Å². The molecule has 1 aromatic heterocycles. The van der Waals surface area contributed by atoms with Crippen molar-refractivity contribution >= 4 is 17.9 Å². The number of carbonyl (C=O) groups excluding carboxylic acids is 2. The number of amides is 2. The third-order valence-electron chi connectivity index (χ3n) is 4.39. The molecule has 1 aliphatic heterocycles. The number of hydrogen-bond acceptors (Lipinski definition) is 5. The maximum atomic E-state index is 13.1. The van der Waals surface area contributed by atoms with E-state index in [0.717, 1.165) is 4.90 Å². The lowest BCUT2D eigenvalue weighted by Crippen LogP contribution is -2.44. The molecule has 0 spiro atoms. The van der Waals surface area contributed by atoms with Crippen LogP contribution in [0.2, 0.25) is 0 Å². The monoisotopic (exact) mass is 380 g/mol. The van der Waals surface area contributed by atoms with E-state index in [4.69, 9.17) is 9.15 Å². The molecular formula is C21H17FN2O4. The summed E-state index contributed by atoms with van der Waals surface area (Å²) in [5.74, 6) is -0.620. The summed E-state index contributed by atoms with van der Waals surface area (Å²) in [6, 6.07) is 11.1. The lowest BCUT2D eigenvalue weighted by molar-refractivity contribution is -0.141. The van der Waals surface area contributed by atoms with Crippen LogP contribution in [0, 0.1) is 17.1 Å². The highest BCUT2D eigenvalue weighted by Gasteiger charge is 2.35. The smallest absolute Gasteiger partial charge is 0.271 e. The van der Waals surface area contributed by atoms with Crippen molar-refractivity contribution < 1.29 is 23.1 Å². The van der Waals surface area contributed by atoms with Crippen LogP contribution in [0.4, 0.5) is 4.39 Å². The van der Waals surface area contributed by atoms with Crippen LogP contribution < -0.4 is 0 Å². The number of benzene rings is 1. The minimum atomic E-state index is -0.634. The van der Waals surface area contributed by atoms with Crippen molar-refractivity contribution in [2.45, 2.75) is 6.92 Å². The third kappa shape index (κ3) is 3.63. The van der Waals surface area contributed by atoms with Gasteiger partial charge in [0.05, 0.1) is 13.2 Å². The molecule has 0 bridgehead atoms. The normalized spacial score (nSPS) is 16.1. The standard InChI is InChI=1S/C21H17FN2O4/c1-13-17(20(25)24(9-10-27-2)21(26)18(13)12-23)11-16-7-8-19(28-16)14-3-5-15(22)6-4-14/h3-8,11H,9-10H2,1-2H3/b17-11+. The van der Waals surface area contributed by atoms with Gasteiger partial charge in [-0.05, 0) is 55.0 Å². The molecule has 7 heteroatoms. The van der Waals surface area contributed by atoms with Gasteiger partial charge in [0, 0.05) is 18.2 Å². The molecule has 142 valence electrons. The second-order valence-electron chi connectivity index (χ2n) is 6.13. The number of methoxy groups -OCH3 is 1. The summed E-state index contributed by atoms with van der Waals surface area (Å²) in [5.41, 5.74) is 1.09. The summed E-state index contributed by atoms with van der Waals surface area (Å²) in [7, 11) is 1.46. The molecule has 2 amide bonds. The molecule has 0 saturated carbocycles. The Hall–Kier alpha value is -3.50. The quantitative estimate of drug-likeness (QED) is 0.587. The van der Waals surface area contributed by atoms with Gasteiger partial charge >= 0.3 is 0 Å². The summed E-state index contributed by atoms with van der Waals surface area (Å²) in [4.78, 5) is 26.2. The number of halogens is 1. The fourth-order valence-electron chi connectivity index (χ4n) is 2.86. The van der Waals surface area contributed by atoms with E-state index >= 15 is 0 Å². The molecule has 2 aromatic rings. The van der Waals surface area contributed by atoms with Crippen molar-refractivity contribution in [2.75, 3.05) is 20.3 Å². The van der Waals surface area contributed by atoms with Crippen LogP contribution in [-0.2, 0) is 14.3 Å². The Morgan fingerprint density at radius 2 is 1.89 bits per heavy atom. The van der Waals surface area contributed by atoms with Crippen LogP contribution in [-0.4, -0.2) is 37.0 Å². The molecule has 2 heterocycles. The van der Waals surface area contributed by atoms with Gasteiger partial charge < -0.3 is 9.15 Å². The number of furan rings is 1. The Balaban J connectivity index is 1.99. The molecule has 0 aliphatic carbocycles. The van der Waals surface area contributed by atoms with E-state index < -0.39 is 11.8 Å². The number of rotatable bonds is 5. The average molecular weight is 380 g/mol. The van der Waals surface area contributed by atoms with Crippen LogP contribution in [0.25, 0.3) is 17.4 Å². The van der Waals surface area contributed by atoms with Crippen molar-refractivity contribution in [1.29, 1.82) is 5.26 Å². The van der Waals surface area contributed by atoms with Crippen molar-refractivity contribution in [2.24, 2.45) is 0 Å². The van der Waals surface area contributed by atoms with Crippen molar-refractivity contribution in [1.82, 2.24) is 4.90 Å². The Labute approximate surface area is 161 Å². The zero-order valence-corrected chi connectivity index (χ0v) is 15.4. The molecule has 28 heavy (non-hydrogen) atoms. The summed E-state index contributed by atoms with van der Waals surface area (Å²) < 4.78 is 23.8. The first-order chi connectivity index (χ1) is 13.5. The molecule has 3 rings (SSSR count). The van der Waals surface area contributed by atoms with E-state index in [9.17, 15) is 19.2 Å². The number of imide groups is 1.